The van der Waals surface area contributed by atoms with Gasteiger partial charge >= 0.3 is 18.4 Å². The van der Waals surface area contributed by atoms with Gasteiger partial charge in [0.2, 0.25) is 5.91 Å². The highest BCUT2D eigenvalue weighted by Gasteiger charge is 2.72. The average Bonchev–Trinajstić information content (AvgIpc) is 3.12. The van der Waals surface area contributed by atoms with E-state index in [4.69, 9.17) is 0 Å². The summed E-state index contributed by atoms with van der Waals surface area (Å²) in [5.41, 5.74) is -2.37. The summed E-state index contributed by atoms with van der Waals surface area (Å²) in [7, 11) is 0. The third kappa shape index (κ3) is 4.55. The molecule has 3 aromatic rings. The number of H-pyrrole nitrogens is 1. The highest BCUT2D eigenvalue weighted by Crippen LogP contribution is 2.65. The second kappa shape index (κ2) is 8.35. The van der Waals surface area contributed by atoms with E-state index in [0.29, 0.717) is 28.7 Å². The van der Waals surface area contributed by atoms with Gasteiger partial charge in [-0.05, 0) is 53.8 Å². The number of hydrogen-bond donors (Lipinski definition) is 3. The summed E-state index contributed by atoms with van der Waals surface area (Å²) in [6.45, 7) is -0.109. The minimum atomic E-state index is -5.01. The minimum absolute atomic E-state index is 0.0383. The Morgan fingerprint density at radius 1 is 1.00 bits per heavy atom. The van der Waals surface area contributed by atoms with Crippen molar-refractivity contribution >= 4 is 23.0 Å². The molecule has 1 aliphatic carbocycles. The third-order valence-electron chi connectivity index (χ3n) is 7.13. The van der Waals surface area contributed by atoms with Gasteiger partial charge in [0.1, 0.15) is 11.0 Å². The lowest BCUT2D eigenvalue weighted by atomic mass is 9.91. The number of carbonyl (C=O) groups is 2. The molecule has 1 unspecified atom stereocenters. The van der Waals surface area contributed by atoms with E-state index in [1.165, 1.54) is 0 Å². The highest BCUT2D eigenvalue weighted by molar-refractivity contribution is 5.85. The lowest BCUT2D eigenvalue weighted by molar-refractivity contribution is -0.143. The summed E-state index contributed by atoms with van der Waals surface area (Å²) < 4.78 is 80.0. The zero-order chi connectivity index (χ0) is 26.8. The Labute approximate surface area is 204 Å². The van der Waals surface area contributed by atoms with Crippen molar-refractivity contribution in [2.45, 2.75) is 25.3 Å². The maximum absolute atomic E-state index is 13.3. The van der Waals surface area contributed by atoms with Crippen molar-refractivity contribution in [2.24, 2.45) is 17.3 Å². The van der Waals surface area contributed by atoms with E-state index >= 15 is 0 Å². The first kappa shape index (κ1) is 24.8. The fourth-order valence-electron chi connectivity index (χ4n) is 5.42. The fraction of sp³-hybridized carbons (Fsp3) is 0.391. The van der Waals surface area contributed by atoms with Crippen molar-refractivity contribution in [2.75, 3.05) is 13.1 Å². The van der Waals surface area contributed by atoms with Crippen LogP contribution in [0, 0.1) is 17.3 Å². The van der Waals surface area contributed by atoms with Gasteiger partial charge in [-0.1, -0.05) is 6.07 Å². The van der Waals surface area contributed by atoms with Crippen LogP contribution in [0.15, 0.2) is 36.4 Å². The molecule has 1 aromatic heterocycles. The van der Waals surface area contributed by atoms with Gasteiger partial charge in [-0.15, -0.1) is 0 Å². The summed E-state index contributed by atoms with van der Waals surface area (Å²) in [6.07, 6.45) is -11.6. The molecule has 2 amide bonds. The molecular weight excluding hydrogens is 508 g/mol. The Balaban J connectivity index is 1.39. The molecule has 1 aliphatic heterocycles. The van der Waals surface area contributed by atoms with E-state index in [0.717, 1.165) is 4.90 Å². The van der Waals surface area contributed by atoms with Crippen molar-refractivity contribution in [1.82, 2.24) is 25.6 Å². The van der Waals surface area contributed by atoms with E-state index in [9.17, 15) is 41.0 Å². The number of carboxylic acid groups (broad SMARTS) is 1. The van der Waals surface area contributed by atoms with Crippen LogP contribution in [-0.2, 0) is 30.1 Å². The summed E-state index contributed by atoms with van der Waals surface area (Å²) >= 11 is 0. The fourth-order valence-corrected chi connectivity index (χ4v) is 5.42. The number of halogens is 6. The van der Waals surface area contributed by atoms with Crippen LogP contribution >= 0.6 is 0 Å². The minimum Gasteiger partial charge on any atom is -0.465 e. The molecule has 3 N–H and O–H groups in total. The third-order valence-corrected chi connectivity index (χ3v) is 7.13. The van der Waals surface area contributed by atoms with Gasteiger partial charge in [0, 0.05) is 25.0 Å². The normalized spacial score (nSPS) is 23.2. The SMILES string of the molecule is O=C(NCc1ccc2n[nH]nc2c1)C1[C@@H]2CN(C(=O)O)C[C@@]12Cc1cc(C(F)(F)F)cc(C(F)(F)F)c1. The first-order valence-corrected chi connectivity index (χ1v) is 11.1. The molecule has 14 heteroatoms. The van der Waals surface area contributed by atoms with Crippen LogP contribution in [0.4, 0.5) is 31.1 Å². The number of amides is 2. The van der Waals surface area contributed by atoms with Gasteiger partial charge in [0.25, 0.3) is 0 Å². The second-order valence-corrected chi connectivity index (χ2v) is 9.44. The van der Waals surface area contributed by atoms with E-state index in [1.807, 2.05) is 0 Å². The van der Waals surface area contributed by atoms with Crippen LogP contribution in [0.2, 0.25) is 0 Å². The Morgan fingerprint density at radius 3 is 2.27 bits per heavy atom. The summed E-state index contributed by atoms with van der Waals surface area (Å²) in [4.78, 5) is 25.6. The molecule has 1 saturated heterocycles. The number of rotatable bonds is 5. The molecule has 8 nitrogen and oxygen atoms in total. The predicted molar refractivity (Wildman–Crippen MR) is 115 cm³/mol. The molecular formula is C23H19F6N5O3. The number of nitrogens with zero attached hydrogens (tertiary/aromatic N) is 3. The molecule has 2 heterocycles. The van der Waals surface area contributed by atoms with Crippen LogP contribution in [0.5, 0.6) is 0 Å². The Hall–Kier alpha value is -3.84. The van der Waals surface area contributed by atoms with Crippen LogP contribution in [0.3, 0.4) is 0 Å². The molecule has 0 radical (unpaired) electrons. The number of benzene rings is 2. The zero-order valence-electron chi connectivity index (χ0n) is 18.8. The second-order valence-electron chi connectivity index (χ2n) is 9.44. The zero-order valence-corrected chi connectivity index (χ0v) is 18.8. The van der Waals surface area contributed by atoms with Crippen LogP contribution in [0.1, 0.15) is 22.3 Å². The van der Waals surface area contributed by atoms with Gasteiger partial charge in [-0.3, -0.25) is 4.79 Å². The van der Waals surface area contributed by atoms with Crippen molar-refractivity contribution in [3.8, 4) is 0 Å². The number of likely N-dealkylation sites (tertiary alicyclic amines) is 1. The Morgan fingerprint density at radius 2 is 1.65 bits per heavy atom. The number of alkyl halides is 6. The maximum atomic E-state index is 13.3. The first-order chi connectivity index (χ1) is 17.3. The van der Waals surface area contributed by atoms with Crippen molar-refractivity contribution in [3.05, 3.63) is 58.7 Å². The molecule has 196 valence electrons. The van der Waals surface area contributed by atoms with E-state index in [-0.39, 0.29) is 37.7 Å². The topological polar surface area (TPSA) is 111 Å². The number of fused-ring (bicyclic) bond motifs is 2. The number of aromatic amines is 1. The Bertz CT molecular complexity index is 1350. The smallest absolute Gasteiger partial charge is 0.416 e. The molecule has 3 atom stereocenters. The number of aromatic nitrogens is 3. The molecule has 2 aliphatic rings. The lowest BCUT2D eigenvalue weighted by Crippen LogP contribution is -2.37. The largest absolute Gasteiger partial charge is 0.465 e. The number of hydrogen-bond acceptors (Lipinski definition) is 4. The van der Waals surface area contributed by atoms with Gasteiger partial charge in [-0.2, -0.15) is 41.8 Å². The molecule has 5 rings (SSSR count). The summed E-state index contributed by atoms with van der Waals surface area (Å²) in [5, 5.41) is 22.5. The van der Waals surface area contributed by atoms with E-state index in [1.54, 1.807) is 18.2 Å². The predicted octanol–water partition coefficient (Wildman–Crippen LogP) is 4.08. The standard InChI is InChI=1S/C23H19F6N5O3/c24-22(25,26)13-3-12(4-14(6-13)23(27,28)29)7-21-10-34(20(36)37)9-15(21)18(21)19(35)30-8-11-1-2-16-17(5-11)32-33-31-16/h1-6,15,18H,7-10H2,(H,30,35)(H,36,37)(H,31,32,33)/t15-,18?,21+/m0/s1. The molecule has 1 saturated carbocycles. The van der Waals surface area contributed by atoms with Crippen LogP contribution in [0.25, 0.3) is 11.0 Å². The van der Waals surface area contributed by atoms with Crippen molar-refractivity contribution in [1.29, 1.82) is 0 Å². The summed E-state index contributed by atoms with van der Waals surface area (Å²) in [6, 6.07) is 6.43. The van der Waals surface area contributed by atoms with Crippen LogP contribution < -0.4 is 5.32 Å². The molecule has 0 spiro atoms. The number of nitrogens with one attached hydrogen (secondary N) is 2. The molecule has 2 aromatic carbocycles. The van der Waals surface area contributed by atoms with E-state index in [2.05, 4.69) is 20.7 Å². The Kier molecular flexibility index (Phi) is 5.60. The molecule has 2 fully saturated rings. The number of piperidine rings is 1. The van der Waals surface area contributed by atoms with Gasteiger partial charge in [0.05, 0.1) is 17.0 Å². The lowest BCUT2D eigenvalue weighted by Gasteiger charge is -2.22. The van der Waals surface area contributed by atoms with Crippen molar-refractivity contribution in [3.63, 3.8) is 0 Å². The first-order valence-electron chi connectivity index (χ1n) is 11.1. The summed E-state index contributed by atoms with van der Waals surface area (Å²) in [5.74, 6) is -1.74. The maximum Gasteiger partial charge on any atom is 0.416 e. The van der Waals surface area contributed by atoms with E-state index < -0.39 is 52.7 Å². The van der Waals surface area contributed by atoms with Crippen molar-refractivity contribution < 1.29 is 41.0 Å². The van der Waals surface area contributed by atoms with Gasteiger partial charge in [-0.25, -0.2) is 4.79 Å². The van der Waals surface area contributed by atoms with Gasteiger partial charge in [0.15, 0.2) is 0 Å². The molecule has 37 heavy (non-hydrogen) atoms. The molecule has 0 bridgehead atoms. The highest BCUT2D eigenvalue weighted by atomic mass is 19.4. The van der Waals surface area contributed by atoms with Crippen LogP contribution in [-0.4, -0.2) is 50.5 Å². The quantitative estimate of drug-likeness (QED) is 0.433. The van der Waals surface area contributed by atoms with Gasteiger partial charge < -0.3 is 15.3 Å². The number of carbonyl (C=O) groups excluding carboxylic acids is 1. The average molecular weight is 527 g/mol. The monoisotopic (exact) mass is 527 g/mol.